The summed E-state index contributed by atoms with van der Waals surface area (Å²) in [6.45, 7) is 4.32. The van der Waals surface area contributed by atoms with Gasteiger partial charge in [-0.05, 0) is 25.1 Å². The fourth-order valence-electron chi connectivity index (χ4n) is 4.61. The van der Waals surface area contributed by atoms with Crippen molar-refractivity contribution in [3.63, 3.8) is 0 Å². The predicted molar refractivity (Wildman–Crippen MR) is 127 cm³/mol. The Morgan fingerprint density at radius 3 is 2.86 bits per heavy atom. The van der Waals surface area contributed by atoms with E-state index in [1.165, 1.54) is 6.20 Å². The number of H-pyrrole nitrogens is 1. The molecule has 35 heavy (non-hydrogen) atoms. The maximum atomic E-state index is 12.6. The Bertz CT molecular complexity index is 1480. The first-order valence-electron chi connectivity index (χ1n) is 11.1. The molecule has 4 aromatic rings. The number of carbonyl (C=O) groups excluding carboxylic acids is 2. The van der Waals surface area contributed by atoms with Gasteiger partial charge >= 0.3 is 6.09 Å². The number of nitrogens with one attached hydrogen (secondary N) is 2. The smallest absolute Gasteiger partial charge is 0.406 e. The molecule has 180 valence electrons. The minimum absolute atomic E-state index is 0.113. The Kier molecular flexibility index (Phi) is 4.94. The SMILES string of the molecule is C[C@@H](NC(=O)Oc1c[nH]c2ncc(-c3nn(C)c4cc(Cl)ccc34)nc12)C(=O)N1CC2(COC2)C1. The Morgan fingerprint density at radius 2 is 2.11 bits per heavy atom. The average molecular weight is 496 g/mol. The molecule has 6 rings (SSSR count). The van der Waals surface area contributed by atoms with Gasteiger partial charge in [-0.2, -0.15) is 5.10 Å². The maximum Gasteiger partial charge on any atom is 0.413 e. The van der Waals surface area contributed by atoms with E-state index < -0.39 is 12.1 Å². The van der Waals surface area contributed by atoms with Crippen LogP contribution >= 0.6 is 11.6 Å². The van der Waals surface area contributed by atoms with Crippen LogP contribution in [-0.4, -0.2) is 74.0 Å². The van der Waals surface area contributed by atoms with Crippen LogP contribution in [0.2, 0.25) is 5.02 Å². The standard InChI is InChI=1S/C23H22ClN7O4/c1-12(21(32)31-8-23(9-31)10-34-11-23)27-22(33)35-17-7-26-20-19(17)28-15(6-25-20)18-14-4-3-13(24)5-16(14)30(2)29-18/h3-7,12H,8-11H2,1-2H3,(H,25,26)(H,27,33)/t12-/m1/s1. The van der Waals surface area contributed by atoms with Gasteiger partial charge in [-0.1, -0.05) is 11.6 Å². The third-order valence-electron chi connectivity index (χ3n) is 6.49. The summed E-state index contributed by atoms with van der Waals surface area (Å²) in [6.07, 6.45) is 2.36. The van der Waals surface area contributed by atoms with E-state index in [2.05, 4.69) is 25.4 Å². The van der Waals surface area contributed by atoms with E-state index in [9.17, 15) is 9.59 Å². The molecule has 2 aliphatic heterocycles. The number of likely N-dealkylation sites (tertiary alicyclic amines) is 1. The molecule has 3 aromatic heterocycles. The van der Waals surface area contributed by atoms with Crippen LogP contribution in [0.15, 0.2) is 30.6 Å². The van der Waals surface area contributed by atoms with E-state index in [0.29, 0.717) is 53.9 Å². The van der Waals surface area contributed by atoms with Crippen LogP contribution < -0.4 is 10.1 Å². The molecule has 2 saturated heterocycles. The van der Waals surface area contributed by atoms with Gasteiger partial charge in [0.2, 0.25) is 5.91 Å². The van der Waals surface area contributed by atoms with Crippen LogP contribution in [0.3, 0.4) is 0 Å². The summed E-state index contributed by atoms with van der Waals surface area (Å²) in [6, 6.07) is 4.78. The van der Waals surface area contributed by atoms with Crippen LogP contribution in [0.25, 0.3) is 33.5 Å². The largest absolute Gasteiger partial charge is 0.413 e. The van der Waals surface area contributed by atoms with Gasteiger partial charge in [0, 0.05) is 36.7 Å². The number of fused-ring (bicyclic) bond motifs is 2. The second kappa shape index (κ2) is 7.92. The first kappa shape index (κ1) is 21.8. The van der Waals surface area contributed by atoms with E-state index in [4.69, 9.17) is 21.1 Å². The van der Waals surface area contributed by atoms with Gasteiger partial charge in [-0.3, -0.25) is 9.48 Å². The highest BCUT2D eigenvalue weighted by Gasteiger charge is 2.51. The third-order valence-corrected chi connectivity index (χ3v) is 6.73. The first-order chi connectivity index (χ1) is 16.8. The summed E-state index contributed by atoms with van der Waals surface area (Å²) in [5.41, 5.74) is 2.95. The van der Waals surface area contributed by atoms with Crippen LogP contribution in [0.1, 0.15) is 6.92 Å². The molecule has 0 aliphatic carbocycles. The molecule has 2 N–H and O–H groups in total. The number of hydrogen-bond donors (Lipinski definition) is 2. The molecule has 0 radical (unpaired) electrons. The van der Waals surface area contributed by atoms with E-state index in [0.717, 1.165) is 10.9 Å². The van der Waals surface area contributed by atoms with Crippen LogP contribution in [0, 0.1) is 5.41 Å². The summed E-state index contributed by atoms with van der Waals surface area (Å²) in [5, 5.41) is 8.65. The molecule has 1 aromatic carbocycles. The van der Waals surface area contributed by atoms with Crippen molar-refractivity contribution in [1.82, 2.24) is 34.9 Å². The van der Waals surface area contributed by atoms with Gasteiger partial charge in [-0.15, -0.1) is 0 Å². The number of carbonyl (C=O) groups is 2. The van der Waals surface area contributed by atoms with Gasteiger partial charge in [0.25, 0.3) is 0 Å². The monoisotopic (exact) mass is 495 g/mol. The van der Waals surface area contributed by atoms with E-state index in [1.807, 2.05) is 19.2 Å². The fraction of sp³-hybridized carbons (Fsp3) is 0.348. The van der Waals surface area contributed by atoms with Crippen molar-refractivity contribution in [2.75, 3.05) is 26.3 Å². The number of aromatic amines is 1. The van der Waals surface area contributed by atoms with Crippen molar-refractivity contribution in [1.29, 1.82) is 0 Å². The number of aromatic nitrogens is 5. The topological polar surface area (TPSA) is 127 Å². The molecule has 2 fully saturated rings. The zero-order chi connectivity index (χ0) is 24.3. The van der Waals surface area contributed by atoms with Crippen molar-refractivity contribution in [2.24, 2.45) is 12.5 Å². The Hall–Kier alpha value is -3.70. The van der Waals surface area contributed by atoms with Crippen LogP contribution in [-0.2, 0) is 16.6 Å². The molecule has 0 unspecified atom stereocenters. The molecular weight excluding hydrogens is 474 g/mol. The minimum atomic E-state index is -0.751. The van der Waals surface area contributed by atoms with Gasteiger partial charge < -0.3 is 24.7 Å². The van der Waals surface area contributed by atoms with Crippen molar-refractivity contribution < 1.29 is 19.1 Å². The molecule has 12 heteroatoms. The number of aryl methyl sites for hydroxylation is 1. The van der Waals surface area contributed by atoms with Crippen molar-refractivity contribution in [2.45, 2.75) is 13.0 Å². The lowest BCUT2D eigenvalue weighted by atomic mass is 9.78. The third kappa shape index (κ3) is 3.67. The molecule has 11 nitrogen and oxygen atoms in total. The first-order valence-corrected chi connectivity index (χ1v) is 11.5. The number of rotatable bonds is 4. The summed E-state index contributed by atoms with van der Waals surface area (Å²) < 4.78 is 12.4. The molecular formula is C23H22ClN7O4. The number of nitrogens with zero attached hydrogens (tertiary/aromatic N) is 5. The normalized spacial score (nSPS) is 17.3. The second-order valence-corrected chi connectivity index (χ2v) is 9.62. The fourth-order valence-corrected chi connectivity index (χ4v) is 4.78. The second-order valence-electron chi connectivity index (χ2n) is 9.18. The highest BCUT2D eigenvalue weighted by atomic mass is 35.5. The van der Waals surface area contributed by atoms with Crippen LogP contribution in [0.4, 0.5) is 4.79 Å². The zero-order valence-corrected chi connectivity index (χ0v) is 19.8. The lowest BCUT2D eigenvalue weighted by Crippen LogP contribution is -2.69. The highest BCUT2D eigenvalue weighted by molar-refractivity contribution is 6.31. The van der Waals surface area contributed by atoms with E-state index >= 15 is 0 Å². The maximum absolute atomic E-state index is 12.6. The number of benzene rings is 1. The van der Waals surface area contributed by atoms with Gasteiger partial charge in [0.05, 0.1) is 30.3 Å². The number of amides is 2. The molecule has 2 aliphatic rings. The lowest BCUT2D eigenvalue weighted by molar-refractivity contribution is -0.196. The predicted octanol–water partition coefficient (Wildman–Crippen LogP) is 2.50. The summed E-state index contributed by atoms with van der Waals surface area (Å²) in [7, 11) is 1.83. The van der Waals surface area contributed by atoms with Crippen molar-refractivity contribution >= 4 is 45.7 Å². The molecule has 1 spiro atoms. The summed E-state index contributed by atoms with van der Waals surface area (Å²) in [4.78, 5) is 38.9. The number of hydrogen-bond acceptors (Lipinski definition) is 7. The Morgan fingerprint density at radius 1 is 1.31 bits per heavy atom. The van der Waals surface area contributed by atoms with Crippen LogP contribution in [0.5, 0.6) is 5.75 Å². The zero-order valence-electron chi connectivity index (χ0n) is 19.0. The highest BCUT2D eigenvalue weighted by Crippen LogP contribution is 2.37. The summed E-state index contributed by atoms with van der Waals surface area (Å²) in [5.74, 6) is 0.0481. The minimum Gasteiger partial charge on any atom is -0.406 e. The van der Waals surface area contributed by atoms with Gasteiger partial charge in [0.15, 0.2) is 16.9 Å². The lowest BCUT2D eigenvalue weighted by Gasteiger charge is -2.55. The number of ether oxygens (including phenoxy) is 2. The quantitative estimate of drug-likeness (QED) is 0.445. The Labute approximate surface area is 204 Å². The Balaban J connectivity index is 1.19. The molecule has 0 saturated carbocycles. The van der Waals surface area contributed by atoms with E-state index in [-0.39, 0.29) is 17.1 Å². The van der Waals surface area contributed by atoms with E-state index in [1.54, 1.807) is 28.8 Å². The summed E-state index contributed by atoms with van der Waals surface area (Å²) >= 11 is 6.13. The molecule has 5 heterocycles. The van der Waals surface area contributed by atoms with Gasteiger partial charge in [0.1, 0.15) is 17.4 Å². The van der Waals surface area contributed by atoms with Crippen molar-refractivity contribution in [3.8, 4) is 17.1 Å². The van der Waals surface area contributed by atoms with Crippen molar-refractivity contribution in [3.05, 3.63) is 35.6 Å². The molecule has 1 atom stereocenters. The molecule has 2 amide bonds. The van der Waals surface area contributed by atoms with Gasteiger partial charge in [-0.25, -0.2) is 14.8 Å². The average Bonchev–Trinajstić information content (AvgIpc) is 3.32. The molecule has 0 bridgehead atoms. The number of halogens is 1.